The number of carboxylic acid groups (broad SMARTS) is 1. The molecule has 0 aliphatic heterocycles. The second kappa shape index (κ2) is 6.54. The molecule has 5 heteroatoms. The van der Waals surface area contributed by atoms with E-state index in [1.165, 1.54) is 7.11 Å². The van der Waals surface area contributed by atoms with Gasteiger partial charge >= 0.3 is 5.97 Å². The zero-order valence-electron chi connectivity index (χ0n) is 11.8. The average Bonchev–Trinajstić information content (AvgIpc) is 2.38. The van der Waals surface area contributed by atoms with Gasteiger partial charge in [-0.1, -0.05) is 11.6 Å². The highest BCUT2D eigenvalue weighted by Gasteiger charge is 2.37. The Balaban J connectivity index is 3.17. The summed E-state index contributed by atoms with van der Waals surface area (Å²) >= 11 is 0. The molecule has 0 aliphatic rings. The van der Waals surface area contributed by atoms with E-state index >= 15 is 0 Å². The number of hydrogen-bond acceptors (Lipinski definition) is 4. The molecular formula is C14H21NO4. The van der Waals surface area contributed by atoms with E-state index in [1.54, 1.807) is 20.1 Å². The molecule has 0 heterocycles. The van der Waals surface area contributed by atoms with Gasteiger partial charge in [-0.25, -0.2) is 4.79 Å². The summed E-state index contributed by atoms with van der Waals surface area (Å²) < 4.78 is 10.2. The molecule has 2 N–H and O–H groups in total. The van der Waals surface area contributed by atoms with E-state index in [-0.39, 0.29) is 0 Å². The second-order valence-corrected chi connectivity index (χ2v) is 4.55. The Morgan fingerprint density at radius 1 is 1.42 bits per heavy atom. The predicted molar refractivity (Wildman–Crippen MR) is 72.6 cm³/mol. The summed E-state index contributed by atoms with van der Waals surface area (Å²) in [6, 6.07) is 5.50. The largest absolute Gasteiger partial charge is 0.496 e. The molecule has 5 nitrogen and oxygen atoms in total. The zero-order valence-corrected chi connectivity index (χ0v) is 11.8. The van der Waals surface area contributed by atoms with E-state index < -0.39 is 11.5 Å². The molecule has 0 amide bonds. The van der Waals surface area contributed by atoms with Gasteiger partial charge in [-0.2, -0.15) is 0 Å². The van der Waals surface area contributed by atoms with Crippen molar-refractivity contribution < 1.29 is 19.4 Å². The summed E-state index contributed by atoms with van der Waals surface area (Å²) in [5.74, 6) is -0.395. The van der Waals surface area contributed by atoms with Gasteiger partial charge in [0.2, 0.25) is 0 Å². The third-order valence-corrected chi connectivity index (χ3v) is 3.11. The molecule has 106 valence electrons. The summed E-state index contributed by atoms with van der Waals surface area (Å²) in [7, 11) is 3.11. The van der Waals surface area contributed by atoms with Crippen LogP contribution in [0.5, 0.6) is 5.75 Å². The normalized spacial score (nSPS) is 13.9. The van der Waals surface area contributed by atoms with Gasteiger partial charge in [-0.3, -0.25) is 5.32 Å². The lowest BCUT2D eigenvalue weighted by atomic mass is 9.90. The van der Waals surface area contributed by atoms with Crippen LogP contribution < -0.4 is 10.1 Å². The maximum atomic E-state index is 11.6. The molecule has 1 unspecified atom stereocenters. The fourth-order valence-electron chi connectivity index (χ4n) is 1.90. The van der Waals surface area contributed by atoms with Crippen molar-refractivity contribution in [2.75, 3.05) is 27.4 Å². The van der Waals surface area contributed by atoms with Gasteiger partial charge in [0.25, 0.3) is 0 Å². The topological polar surface area (TPSA) is 67.8 Å². The van der Waals surface area contributed by atoms with Crippen LogP contribution in [0.3, 0.4) is 0 Å². The fraction of sp³-hybridized carbons (Fsp3) is 0.500. The first-order valence-corrected chi connectivity index (χ1v) is 6.08. The first-order valence-electron chi connectivity index (χ1n) is 6.08. The highest BCUT2D eigenvalue weighted by molar-refractivity contribution is 5.81. The van der Waals surface area contributed by atoms with E-state index in [4.69, 9.17) is 9.47 Å². The van der Waals surface area contributed by atoms with E-state index in [2.05, 4.69) is 5.32 Å². The molecule has 1 rings (SSSR count). The van der Waals surface area contributed by atoms with Crippen LogP contribution >= 0.6 is 0 Å². The van der Waals surface area contributed by atoms with Gasteiger partial charge in [0.1, 0.15) is 11.3 Å². The Morgan fingerprint density at radius 2 is 2.11 bits per heavy atom. The van der Waals surface area contributed by atoms with E-state index in [9.17, 15) is 9.90 Å². The number of benzene rings is 1. The Bertz CT molecular complexity index is 447. The van der Waals surface area contributed by atoms with E-state index in [0.717, 1.165) is 5.56 Å². The first-order chi connectivity index (χ1) is 8.95. The van der Waals surface area contributed by atoms with Gasteiger partial charge in [0.15, 0.2) is 0 Å². The minimum absolute atomic E-state index is 0.441. The zero-order chi connectivity index (χ0) is 14.5. The third kappa shape index (κ3) is 3.45. The number of carboxylic acids is 1. The van der Waals surface area contributed by atoms with Crippen LogP contribution in [0, 0.1) is 6.92 Å². The summed E-state index contributed by atoms with van der Waals surface area (Å²) in [5, 5.41) is 12.5. The molecule has 0 spiro atoms. The maximum Gasteiger partial charge on any atom is 0.328 e. The molecule has 0 fully saturated rings. The lowest BCUT2D eigenvalue weighted by Gasteiger charge is -2.28. The smallest absolute Gasteiger partial charge is 0.328 e. The molecule has 19 heavy (non-hydrogen) atoms. The highest BCUT2D eigenvalue weighted by Crippen LogP contribution is 2.31. The summed E-state index contributed by atoms with van der Waals surface area (Å²) in [4.78, 5) is 11.6. The molecule has 1 aromatic carbocycles. The Hall–Kier alpha value is -1.59. The van der Waals surface area contributed by atoms with Crippen molar-refractivity contribution in [3.63, 3.8) is 0 Å². The number of aliphatic carboxylic acids is 1. The molecule has 1 atom stereocenters. The van der Waals surface area contributed by atoms with Crippen molar-refractivity contribution in [3.05, 3.63) is 29.3 Å². The predicted octanol–water partition coefficient (Wildman–Crippen LogP) is 1.54. The van der Waals surface area contributed by atoms with Crippen LogP contribution in [-0.4, -0.2) is 38.4 Å². The number of hydrogen-bond donors (Lipinski definition) is 2. The fourth-order valence-corrected chi connectivity index (χ4v) is 1.90. The molecular weight excluding hydrogens is 246 g/mol. The van der Waals surface area contributed by atoms with Gasteiger partial charge in [-0.05, 0) is 26.0 Å². The number of carbonyl (C=O) groups is 1. The third-order valence-electron chi connectivity index (χ3n) is 3.11. The summed E-state index contributed by atoms with van der Waals surface area (Å²) in [5.41, 5.74) is 0.381. The Morgan fingerprint density at radius 3 is 2.63 bits per heavy atom. The van der Waals surface area contributed by atoms with E-state index in [0.29, 0.717) is 24.5 Å². The molecule has 0 aliphatic carbocycles. The molecule has 0 bridgehead atoms. The monoisotopic (exact) mass is 267 g/mol. The van der Waals surface area contributed by atoms with Gasteiger partial charge < -0.3 is 14.6 Å². The number of nitrogens with one attached hydrogen (secondary N) is 1. The lowest BCUT2D eigenvalue weighted by Crippen LogP contribution is -2.48. The second-order valence-electron chi connectivity index (χ2n) is 4.55. The minimum atomic E-state index is -1.21. The van der Waals surface area contributed by atoms with E-state index in [1.807, 2.05) is 19.1 Å². The Kier molecular flexibility index (Phi) is 5.32. The van der Waals surface area contributed by atoms with Crippen molar-refractivity contribution in [1.82, 2.24) is 5.32 Å². The van der Waals surface area contributed by atoms with Crippen molar-refractivity contribution in [2.45, 2.75) is 19.4 Å². The van der Waals surface area contributed by atoms with Crippen LogP contribution in [0.1, 0.15) is 18.1 Å². The van der Waals surface area contributed by atoms with Crippen LogP contribution in [0.15, 0.2) is 18.2 Å². The van der Waals surface area contributed by atoms with Crippen LogP contribution in [-0.2, 0) is 15.1 Å². The van der Waals surface area contributed by atoms with Crippen molar-refractivity contribution >= 4 is 5.97 Å². The molecule has 0 saturated heterocycles. The quantitative estimate of drug-likeness (QED) is 0.733. The molecule has 0 aromatic heterocycles. The van der Waals surface area contributed by atoms with Gasteiger partial charge in [-0.15, -0.1) is 0 Å². The first kappa shape index (κ1) is 15.5. The van der Waals surface area contributed by atoms with Crippen molar-refractivity contribution in [2.24, 2.45) is 0 Å². The summed E-state index contributed by atoms with van der Waals surface area (Å²) in [6.45, 7) is 4.43. The van der Waals surface area contributed by atoms with Crippen LogP contribution in [0.25, 0.3) is 0 Å². The number of aryl methyl sites for hydroxylation is 1. The van der Waals surface area contributed by atoms with Crippen LogP contribution in [0.4, 0.5) is 0 Å². The lowest BCUT2D eigenvalue weighted by molar-refractivity contribution is -0.144. The highest BCUT2D eigenvalue weighted by atomic mass is 16.5. The molecule has 1 aromatic rings. The average molecular weight is 267 g/mol. The van der Waals surface area contributed by atoms with Crippen LogP contribution in [0.2, 0.25) is 0 Å². The molecule has 0 saturated carbocycles. The standard InChI is InChI=1S/C14H21NO4/c1-10-5-6-12(19-4)11(9-10)14(2,13(16)17)15-7-8-18-3/h5-6,9,15H,7-8H2,1-4H3,(H,16,17). The number of methoxy groups -OCH3 is 2. The van der Waals surface area contributed by atoms with Crippen molar-refractivity contribution in [3.8, 4) is 5.75 Å². The minimum Gasteiger partial charge on any atom is -0.496 e. The maximum absolute atomic E-state index is 11.6. The SMILES string of the molecule is COCCNC(C)(C(=O)O)c1cc(C)ccc1OC. The number of rotatable bonds is 7. The molecule has 0 radical (unpaired) electrons. The number of ether oxygens (including phenoxy) is 2. The Labute approximate surface area is 113 Å². The van der Waals surface area contributed by atoms with Gasteiger partial charge in [0, 0.05) is 19.2 Å². The van der Waals surface area contributed by atoms with Crippen molar-refractivity contribution in [1.29, 1.82) is 0 Å². The van der Waals surface area contributed by atoms with Gasteiger partial charge in [0.05, 0.1) is 13.7 Å². The summed E-state index contributed by atoms with van der Waals surface area (Å²) in [6.07, 6.45) is 0.